The molecule has 0 aliphatic heterocycles. The molecule has 0 atom stereocenters. The summed E-state index contributed by atoms with van der Waals surface area (Å²) in [4.78, 5) is 28.2. The van der Waals surface area contributed by atoms with E-state index in [0.29, 0.717) is 17.0 Å². The molecule has 0 saturated heterocycles. The Morgan fingerprint density at radius 1 is 1.32 bits per heavy atom. The van der Waals surface area contributed by atoms with E-state index in [-0.39, 0.29) is 22.0 Å². The first-order valence-electron chi connectivity index (χ1n) is 7.28. The fourth-order valence-electron chi connectivity index (χ4n) is 2.55. The Balaban J connectivity index is 2.00. The van der Waals surface area contributed by atoms with Gasteiger partial charge in [0.05, 0.1) is 23.5 Å². The summed E-state index contributed by atoms with van der Waals surface area (Å²) in [5.41, 5.74) is 1.74. The molecule has 25 heavy (non-hydrogen) atoms. The lowest BCUT2D eigenvalue weighted by Gasteiger charge is -2.12. The van der Waals surface area contributed by atoms with Gasteiger partial charge in [-0.3, -0.25) is 9.20 Å². The smallest absolute Gasteiger partial charge is 0.339 e. The Bertz CT molecular complexity index is 997. The number of nitrogens with zero attached hydrogens (tertiary/aromatic N) is 2. The van der Waals surface area contributed by atoms with E-state index in [1.165, 1.54) is 19.2 Å². The van der Waals surface area contributed by atoms with Gasteiger partial charge in [0.15, 0.2) is 0 Å². The molecule has 0 aliphatic rings. The van der Waals surface area contributed by atoms with E-state index >= 15 is 0 Å². The number of amides is 1. The molecule has 0 spiro atoms. The third-order valence-electron chi connectivity index (χ3n) is 3.69. The van der Waals surface area contributed by atoms with Crippen LogP contribution in [0.4, 0.5) is 5.69 Å². The topological polar surface area (TPSA) is 92.9 Å². The third-order valence-corrected chi connectivity index (χ3v) is 4.00. The van der Waals surface area contributed by atoms with E-state index in [2.05, 4.69) is 10.3 Å². The zero-order valence-corrected chi connectivity index (χ0v) is 14.2. The highest BCUT2D eigenvalue weighted by Gasteiger charge is 2.20. The van der Waals surface area contributed by atoms with E-state index in [1.807, 2.05) is 6.07 Å². The zero-order valence-electron chi connectivity index (χ0n) is 13.4. The summed E-state index contributed by atoms with van der Waals surface area (Å²) in [5.74, 6) is -1.49. The van der Waals surface area contributed by atoms with Crippen molar-refractivity contribution in [1.29, 1.82) is 0 Å². The number of aromatic carboxylic acids is 1. The molecule has 0 bridgehead atoms. The van der Waals surface area contributed by atoms with Crippen molar-refractivity contribution in [2.45, 2.75) is 6.92 Å². The summed E-state index contributed by atoms with van der Waals surface area (Å²) in [6.07, 6.45) is 1.74. The number of carbonyl (C=O) groups is 2. The average molecular weight is 360 g/mol. The maximum atomic E-state index is 12.7. The summed E-state index contributed by atoms with van der Waals surface area (Å²) in [5, 5.41) is 11.9. The largest absolute Gasteiger partial charge is 0.496 e. The summed E-state index contributed by atoms with van der Waals surface area (Å²) >= 11 is 6.11. The van der Waals surface area contributed by atoms with E-state index in [4.69, 9.17) is 21.4 Å². The number of imidazole rings is 1. The van der Waals surface area contributed by atoms with Gasteiger partial charge in [-0.2, -0.15) is 0 Å². The maximum Gasteiger partial charge on any atom is 0.339 e. The number of carboxylic acid groups (broad SMARTS) is 1. The van der Waals surface area contributed by atoms with Gasteiger partial charge in [-0.1, -0.05) is 17.7 Å². The van der Waals surface area contributed by atoms with Crippen LogP contribution in [0.25, 0.3) is 5.65 Å². The van der Waals surface area contributed by atoms with Gasteiger partial charge >= 0.3 is 5.97 Å². The van der Waals surface area contributed by atoms with Crippen molar-refractivity contribution >= 4 is 34.8 Å². The minimum absolute atomic E-state index is 0.0866. The van der Waals surface area contributed by atoms with Crippen molar-refractivity contribution in [3.05, 3.63) is 58.5 Å². The number of methoxy groups -OCH3 is 1. The second-order valence-corrected chi connectivity index (χ2v) is 5.67. The van der Waals surface area contributed by atoms with Gasteiger partial charge in [-0.15, -0.1) is 0 Å². The zero-order chi connectivity index (χ0) is 18.1. The molecule has 3 rings (SSSR count). The molecule has 2 aromatic heterocycles. The van der Waals surface area contributed by atoms with Crippen molar-refractivity contribution in [2.75, 3.05) is 12.4 Å². The first kappa shape index (κ1) is 16.8. The van der Waals surface area contributed by atoms with Crippen LogP contribution < -0.4 is 10.1 Å². The highest BCUT2D eigenvalue weighted by molar-refractivity contribution is 6.34. The molecule has 7 nitrogen and oxygen atoms in total. The molecule has 0 radical (unpaired) electrons. The number of carboxylic acids is 1. The highest BCUT2D eigenvalue weighted by Crippen LogP contribution is 2.31. The minimum Gasteiger partial charge on any atom is -0.496 e. The highest BCUT2D eigenvalue weighted by atomic mass is 35.5. The molecule has 0 fully saturated rings. The predicted molar refractivity (Wildman–Crippen MR) is 92.8 cm³/mol. The number of aryl methyl sites for hydroxylation is 1. The lowest BCUT2D eigenvalue weighted by molar-refractivity contribution is 0.0693. The number of fused-ring (bicyclic) bond motifs is 1. The molecule has 1 amide bonds. The Kier molecular flexibility index (Phi) is 4.33. The molecule has 0 unspecified atom stereocenters. The number of nitrogens with one attached hydrogen (secondary N) is 1. The lowest BCUT2D eigenvalue weighted by atomic mass is 10.1. The number of benzene rings is 1. The summed E-state index contributed by atoms with van der Waals surface area (Å²) in [6.45, 7) is 1.73. The van der Waals surface area contributed by atoms with Crippen molar-refractivity contribution in [3.63, 3.8) is 0 Å². The second-order valence-electron chi connectivity index (χ2n) is 5.27. The van der Waals surface area contributed by atoms with Gasteiger partial charge in [-0.25, -0.2) is 9.78 Å². The first-order chi connectivity index (χ1) is 11.9. The van der Waals surface area contributed by atoms with Crippen LogP contribution in [0.3, 0.4) is 0 Å². The van der Waals surface area contributed by atoms with Gasteiger partial charge in [0.1, 0.15) is 22.7 Å². The molecule has 3 aromatic rings. The van der Waals surface area contributed by atoms with E-state index < -0.39 is 11.9 Å². The van der Waals surface area contributed by atoms with Crippen molar-refractivity contribution in [3.8, 4) is 5.75 Å². The predicted octanol–water partition coefficient (Wildman–Crippen LogP) is 3.26. The van der Waals surface area contributed by atoms with Crippen LogP contribution >= 0.6 is 11.6 Å². The minimum atomic E-state index is -1.17. The summed E-state index contributed by atoms with van der Waals surface area (Å²) in [7, 11) is 1.34. The SMILES string of the molecule is COc1cc(NC(=O)c2c(C)nc3ccccn23)c(Cl)cc1C(=O)O. The number of rotatable bonds is 4. The Hall–Kier alpha value is -3.06. The monoisotopic (exact) mass is 359 g/mol. The van der Waals surface area contributed by atoms with Gasteiger partial charge in [0.2, 0.25) is 0 Å². The summed E-state index contributed by atoms with van der Waals surface area (Å²) in [6, 6.07) is 8.03. The van der Waals surface area contributed by atoms with Crippen LogP contribution in [0.15, 0.2) is 36.5 Å². The second kappa shape index (κ2) is 6.45. The van der Waals surface area contributed by atoms with E-state index in [9.17, 15) is 9.59 Å². The molecule has 2 N–H and O–H groups in total. The molecular weight excluding hydrogens is 346 g/mol. The maximum absolute atomic E-state index is 12.7. The van der Waals surface area contributed by atoms with Crippen LogP contribution in [0.1, 0.15) is 26.5 Å². The fraction of sp³-hybridized carbons (Fsp3) is 0.118. The summed E-state index contributed by atoms with van der Waals surface area (Å²) < 4.78 is 6.73. The lowest BCUT2D eigenvalue weighted by Crippen LogP contribution is -2.16. The molecule has 2 heterocycles. The Morgan fingerprint density at radius 3 is 2.76 bits per heavy atom. The van der Waals surface area contributed by atoms with Gasteiger partial charge < -0.3 is 15.2 Å². The van der Waals surface area contributed by atoms with Crippen LogP contribution in [-0.2, 0) is 0 Å². The Labute approximate surface area is 147 Å². The quantitative estimate of drug-likeness (QED) is 0.745. The number of anilines is 1. The number of carbonyl (C=O) groups excluding carboxylic acids is 1. The van der Waals surface area contributed by atoms with Crippen LogP contribution in [0.5, 0.6) is 5.75 Å². The Morgan fingerprint density at radius 2 is 2.08 bits per heavy atom. The number of hydrogen-bond donors (Lipinski definition) is 2. The first-order valence-corrected chi connectivity index (χ1v) is 7.66. The molecule has 0 aliphatic carbocycles. The number of aromatic nitrogens is 2. The third kappa shape index (κ3) is 3.01. The molecule has 128 valence electrons. The number of hydrogen-bond acceptors (Lipinski definition) is 4. The van der Waals surface area contributed by atoms with Gasteiger partial charge in [0, 0.05) is 12.3 Å². The van der Waals surface area contributed by atoms with Crippen LogP contribution in [0, 0.1) is 6.92 Å². The standard InChI is InChI=1S/C17H14ClN3O4/c1-9-15(21-6-4-3-5-14(21)19-9)16(22)20-12-8-13(25-2)10(17(23)24)7-11(12)18/h3-8H,1-2H3,(H,20,22)(H,23,24). The fourth-order valence-corrected chi connectivity index (χ4v) is 2.76. The normalized spacial score (nSPS) is 10.7. The number of ether oxygens (including phenoxy) is 1. The van der Waals surface area contributed by atoms with Crippen molar-refractivity contribution in [2.24, 2.45) is 0 Å². The molecular formula is C17H14ClN3O4. The van der Waals surface area contributed by atoms with Crippen LogP contribution in [-0.4, -0.2) is 33.5 Å². The van der Waals surface area contributed by atoms with Crippen LogP contribution in [0.2, 0.25) is 5.02 Å². The average Bonchev–Trinajstić information content (AvgIpc) is 2.91. The number of pyridine rings is 1. The van der Waals surface area contributed by atoms with Crippen molar-refractivity contribution < 1.29 is 19.4 Å². The molecule has 1 aromatic carbocycles. The van der Waals surface area contributed by atoms with Gasteiger partial charge in [-0.05, 0) is 25.1 Å². The molecule has 0 saturated carbocycles. The van der Waals surface area contributed by atoms with Crippen molar-refractivity contribution in [1.82, 2.24) is 9.38 Å². The van der Waals surface area contributed by atoms with Gasteiger partial charge in [0.25, 0.3) is 5.91 Å². The molecule has 8 heteroatoms. The van der Waals surface area contributed by atoms with E-state index in [0.717, 1.165) is 0 Å². The van der Waals surface area contributed by atoms with E-state index in [1.54, 1.807) is 29.7 Å². The number of halogens is 1.